The van der Waals surface area contributed by atoms with Crippen LogP contribution in [0.25, 0.3) is 0 Å². The number of aromatic nitrogens is 2. The summed E-state index contributed by atoms with van der Waals surface area (Å²) in [6, 6.07) is 11.0. The first-order valence-electron chi connectivity index (χ1n) is 10.6. The van der Waals surface area contributed by atoms with Crippen molar-refractivity contribution >= 4 is 23.5 Å². The maximum atomic E-state index is 12.5. The van der Waals surface area contributed by atoms with E-state index in [-0.39, 0.29) is 18.4 Å². The number of aryl methyl sites for hydroxylation is 1. The van der Waals surface area contributed by atoms with E-state index in [1.54, 1.807) is 29.2 Å². The Morgan fingerprint density at radius 3 is 2.13 bits per heavy atom. The Bertz CT molecular complexity index is 890. The number of hydrogen-bond donors (Lipinski definition) is 1. The average Bonchev–Trinajstić information content (AvgIpc) is 3.33. The fourth-order valence-corrected chi connectivity index (χ4v) is 3.95. The van der Waals surface area contributed by atoms with E-state index in [0.29, 0.717) is 31.7 Å². The third kappa shape index (κ3) is 4.69. The molecule has 158 valence electrons. The highest BCUT2D eigenvalue weighted by Gasteiger charge is 2.24. The summed E-state index contributed by atoms with van der Waals surface area (Å²) in [5.41, 5.74) is 0.558. The van der Waals surface area contributed by atoms with Crippen molar-refractivity contribution in [2.24, 2.45) is 0 Å². The minimum absolute atomic E-state index is 0.0133. The Balaban J connectivity index is 1.30. The Kier molecular flexibility index (Phi) is 6.11. The Labute approximate surface area is 176 Å². The normalized spacial score (nSPS) is 16.6. The first-order chi connectivity index (χ1) is 14.6. The largest absolute Gasteiger partial charge is 0.356 e. The molecule has 0 aliphatic carbocycles. The third-order valence-corrected chi connectivity index (χ3v) is 5.63. The van der Waals surface area contributed by atoms with E-state index in [2.05, 4.69) is 31.2 Å². The maximum absolute atomic E-state index is 12.5. The molecule has 30 heavy (non-hydrogen) atoms. The predicted molar refractivity (Wildman–Crippen MR) is 116 cm³/mol. The summed E-state index contributed by atoms with van der Waals surface area (Å²) in [6.45, 7) is 6.70. The van der Waals surface area contributed by atoms with Crippen LogP contribution in [-0.4, -0.2) is 72.5 Å². The molecule has 0 atom stereocenters. The molecule has 2 aromatic rings. The summed E-state index contributed by atoms with van der Waals surface area (Å²) in [7, 11) is 0. The van der Waals surface area contributed by atoms with Crippen LogP contribution in [0, 0.1) is 6.92 Å². The highest BCUT2D eigenvalue weighted by molar-refractivity contribution is 5.96. The highest BCUT2D eigenvalue weighted by atomic mass is 16.2. The van der Waals surface area contributed by atoms with Gasteiger partial charge in [0.2, 0.25) is 5.91 Å². The lowest BCUT2D eigenvalue weighted by Gasteiger charge is -2.35. The van der Waals surface area contributed by atoms with Gasteiger partial charge in [-0.1, -0.05) is 18.2 Å². The van der Waals surface area contributed by atoms with Gasteiger partial charge in [-0.2, -0.15) is 0 Å². The number of benzene rings is 1. The maximum Gasteiger partial charge on any atom is 0.251 e. The molecule has 1 N–H and O–H groups in total. The zero-order chi connectivity index (χ0) is 20.9. The Morgan fingerprint density at radius 1 is 0.900 bits per heavy atom. The SMILES string of the molecule is Cc1nc(N2CCCC2)cc(N2CCN(C(=O)CNC(=O)c3ccccc3)CC2)n1. The molecule has 2 fully saturated rings. The highest BCUT2D eigenvalue weighted by Crippen LogP contribution is 2.23. The molecule has 0 radical (unpaired) electrons. The van der Waals surface area contributed by atoms with E-state index in [9.17, 15) is 9.59 Å². The second-order valence-corrected chi connectivity index (χ2v) is 7.74. The van der Waals surface area contributed by atoms with Gasteiger partial charge in [0.1, 0.15) is 17.5 Å². The summed E-state index contributed by atoms with van der Waals surface area (Å²) < 4.78 is 0. The van der Waals surface area contributed by atoms with Crippen LogP contribution in [-0.2, 0) is 4.79 Å². The number of hydrogen-bond acceptors (Lipinski definition) is 6. The van der Waals surface area contributed by atoms with Crippen LogP contribution >= 0.6 is 0 Å². The zero-order valence-corrected chi connectivity index (χ0v) is 17.4. The smallest absolute Gasteiger partial charge is 0.251 e. The second-order valence-electron chi connectivity index (χ2n) is 7.74. The van der Waals surface area contributed by atoms with Crippen molar-refractivity contribution in [3.8, 4) is 0 Å². The van der Waals surface area contributed by atoms with E-state index in [1.807, 2.05) is 13.0 Å². The van der Waals surface area contributed by atoms with Crippen LogP contribution < -0.4 is 15.1 Å². The fourth-order valence-electron chi connectivity index (χ4n) is 3.95. The van der Waals surface area contributed by atoms with E-state index in [4.69, 9.17) is 0 Å². The van der Waals surface area contributed by atoms with E-state index >= 15 is 0 Å². The van der Waals surface area contributed by atoms with Crippen molar-refractivity contribution in [3.63, 3.8) is 0 Å². The lowest BCUT2D eigenvalue weighted by Crippen LogP contribution is -2.51. The Hall–Kier alpha value is -3.16. The molecule has 4 rings (SSSR count). The number of nitrogens with zero attached hydrogens (tertiary/aromatic N) is 5. The van der Waals surface area contributed by atoms with E-state index in [0.717, 1.165) is 30.5 Å². The molecule has 0 saturated carbocycles. The monoisotopic (exact) mass is 408 g/mol. The molecular weight excluding hydrogens is 380 g/mol. The van der Waals surface area contributed by atoms with Gasteiger partial charge in [0.25, 0.3) is 5.91 Å². The zero-order valence-electron chi connectivity index (χ0n) is 17.4. The van der Waals surface area contributed by atoms with E-state index in [1.165, 1.54) is 12.8 Å². The molecule has 3 heterocycles. The summed E-state index contributed by atoms with van der Waals surface area (Å²) in [4.78, 5) is 40.2. The third-order valence-electron chi connectivity index (χ3n) is 5.63. The Morgan fingerprint density at radius 2 is 1.50 bits per heavy atom. The van der Waals surface area contributed by atoms with Crippen molar-refractivity contribution in [3.05, 3.63) is 47.8 Å². The molecule has 0 unspecified atom stereocenters. The quantitative estimate of drug-likeness (QED) is 0.807. The fraction of sp³-hybridized carbons (Fsp3) is 0.455. The lowest BCUT2D eigenvalue weighted by atomic mass is 10.2. The molecule has 2 aliphatic rings. The van der Waals surface area contributed by atoms with Gasteiger partial charge < -0.3 is 20.0 Å². The molecule has 2 aliphatic heterocycles. The van der Waals surface area contributed by atoms with Crippen LogP contribution in [0.5, 0.6) is 0 Å². The molecule has 8 heteroatoms. The standard InChI is InChI=1S/C22H28N6O2/c1-17-24-19(26-9-5-6-10-26)15-20(25-17)27-11-13-28(14-12-27)21(29)16-23-22(30)18-7-3-2-4-8-18/h2-4,7-8,15H,5-6,9-14,16H2,1H3,(H,23,30). The summed E-state index contributed by atoms with van der Waals surface area (Å²) >= 11 is 0. The number of carbonyl (C=O) groups is 2. The van der Waals surface area contributed by atoms with Crippen LogP contribution in [0.3, 0.4) is 0 Å². The van der Waals surface area contributed by atoms with Crippen LogP contribution in [0.15, 0.2) is 36.4 Å². The molecule has 2 saturated heterocycles. The van der Waals surface area contributed by atoms with Gasteiger partial charge in [-0.3, -0.25) is 9.59 Å². The molecule has 1 aromatic heterocycles. The van der Waals surface area contributed by atoms with Gasteiger partial charge in [-0.05, 0) is 31.9 Å². The summed E-state index contributed by atoms with van der Waals surface area (Å²) in [5.74, 6) is 2.41. The molecule has 1 aromatic carbocycles. The number of carbonyl (C=O) groups excluding carboxylic acids is 2. The first kappa shape index (κ1) is 20.1. The predicted octanol–water partition coefficient (Wildman–Crippen LogP) is 1.46. The van der Waals surface area contributed by atoms with Gasteiger partial charge in [0.05, 0.1) is 6.54 Å². The van der Waals surface area contributed by atoms with Crippen molar-refractivity contribution in [1.82, 2.24) is 20.2 Å². The molecule has 0 spiro atoms. The minimum atomic E-state index is -0.228. The van der Waals surface area contributed by atoms with Crippen LogP contribution in [0.4, 0.5) is 11.6 Å². The van der Waals surface area contributed by atoms with Crippen molar-refractivity contribution in [2.45, 2.75) is 19.8 Å². The number of amides is 2. The summed E-state index contributed by atoms with van der Waals surface area (Å²) in [5, 5.41) is 2.72. The van der Waals surface area contributed by atoms with Gasteiger partial charge in [0, 0.05) is 50.9 Å². The number of piperazine rings is 1. The van der Waals surface area contributed by atoms with Gasteiger partial charge in [0.15, 0.2) is 0 Å². The molecular formula is C22H28N6O2. The molecule has 0 bridgehead atoms. The van der Waals surface area contributed by atoms with Crippen molar-refractivity contribution < 1.29 is 9.59 Å². The number of nitrogens with one attached hydrogen (secondary N) is 1. The minimum Gasteiger partial charge on any atom is -0.356 e. The van der Waals surface area contributed by atoms with Gasteiger partial charge >= 0.3 is 0 Å². The van der Waals surface area contributed by atoms with Crippen molar-refractivity contribution in [2.75, 3.05) is 55.6 Å². The lowest BCUT2D eigenvalue weighted by molar-refractivity contribution is -0.130. The topological polar surface area (TPSA) is 81.7 Å². The van der Waals surface area contributed by atoms with Crippen LogP contribution in [0.2, 0.25) is 0 Å². The number of rotatable bonds is 5. The molecule has 2 amide bonds. The average molecular weight is 409 g/mol. The second kappa shape index (κ2) is 9.11. The van der Waals surface area contributed by atoms with Gasteiger partial charge in [-0.15, -0.1) is 0 Å². The first-order valence-corrected chi connectivity index (χ1v) is 10.6. The summed E-state index contributed by atoms with van der Waals surface area (Å²) in [6.07, 6.45) is 2.42. The van der Waals surface area contributed by atoms with Gasteiger partial charge in [-0.25, -0.2) is 9.97 Å². The van der Waals surface area contributed by atoms with Crippen molar-refractivity contribution in [1.29, 1.82) is 0 Å². The number of anilines is 2. The molecule has 8 nitrogen and oxygen atoms in total. The van der Waals surface area contributed by atoms with E-state index < -0.39 is 0 Å². The van der Waals surface area contributed by atoms with Crippen LogP contribution in [0.1, 0.15) is 29.0 Å².